The van der Waals surface area contributed by atoms with Gasteiger partial charge in [-0.2, -0.15) is 9.03 Å². The van der Waals surface area contributed by atoms with Crippen LogP contribution in [0.3, 0.4) is 0 Å². The zero-order valence-electron chi connectivity index (χ0n) is 17.2. The molecule has 1 amide bonds. The van der Waals surface area contributed by atoms with Crippen LogP contribution >= 0.6 is 22.9 Å². The molecule has 1 aliphatic heterocycles. The molecule has 33 heavy (non-hydrogen) atoms. The number of carbonyl (C=O) groups excluding carboxylic acids is 1. The summed E-state index contributed by atoms with van der Waals surface area (Å²) in [7, 11) is 2.91. The highest BCUT2D eigenvalue weighted by molar-refractivity contribution is 7.80. The van der Waals surface area contributed by atoms with Gasteiger partial charge in [-0.3, -0.25) is 4.79 Å². The summed E-state index contributed by atoms with van der Waals surface area (Å²) in [6.45, 7) is 0. The number of halogens is 2. The normalized spacial score (nSPS) is 28.1. The second-order valence-corrected chi connectivity index (χ2v) is 10.2. The Morgan fingerprint density at radius 2 is 2.06 bits per heavy atom. The number of amides is 1. The van der Waals surface area contributed by atoms with Gasteiger partial charge in [0.15, 0.2) is 23.0 Å². The molecular weight excluding hydrogens is 497 g/mol. The van der Waals surface area contributed by atoms with Gasteiger partial charge in [-0.25, -0.2) is 13.6 Å². The number of nitrogens with zero attached hydrogens (tertiary/aromatic N) is 3. The molecule has 1 saturated heterocycles. The van der Waals surface area contributed by atoms with E-state index in [1.54, 1.807) is 30.2 Å². The Morgan fingerprint density at radius 1 is 1.33 bits per heavy atom. The fourth-order valence-corrected chi connectivity index (χ4v) is 5.66. The third kappa shape index (κ3) is 4.00. The van der Waals surface area contributed by atoms with Crippen LogP contribution in [0.15, 0.2) is 42.9 Å². The number of aryl methyl sites for hydroxylation is 1. The summed E-state index contributed by atoms with van der Waals surface area (Å²) in [5, 5.41) is 35.5. The molecule has 176 valence electrons. The minimum Gasteiger partial charge on any atom is -0.383 e. The van der Waals surface area contributed by atoms with E-state index >= 15 is 0 Å². The number of likely N-dealkylation sites (N-methyl/N-ethyl adjacent to an activating group) is 1. The van der Waals surface area contributed by atoms with Crippen LogP contribution in [0.1, 0.15) is 4.88 Å². The number of thiophene rings is 1. The lowest BCUT2D eigenvalue weighted by Crippen LogP contribution is -2.77. The number of hydrogen-bond acceptors (Lipinski definition) is 7. The number of aliphatic hydroxyl groups excluding tert-OH is 1. The Morgan fingerprint density at radius 3 is 2.70 bits per heavy atom. The van der Waals surface area contributed by atoms with Crippen molar-refractivity contribution in [2.24, 2.45) is 7.05 Å². The first kappa shape index (κ1) is 23.9. The molecule has 2 aromatic heterocycles. The maximum Gasteiger partial charge on any atom is 0.275 e. The van der Waals surface area contributed by atoms with E-state index in [0.29, 0.717) is 14.9 Å². The second-order valence-electron chi connectivity index (χ2n) is 7.42. The van der Waals surface area contributed by atoms with Gasteiger partial charge in [0.05, 0.1) is 26.8 Å². The quantitative estimate of drug-likeness (QED) is 0.349. The molecule has 3 heterocycles. The van der Waals surface area contributed by atoms with Gasteiger partial charge in [-0.05, 0) is 30.3 Å². The summed E-state index contributed by atoms with van der Waals surface area (Å²) in [5.74, 6) is -1.93. The van der Waals surface area contributed by atoms with Crippen molar-refractivity contribution in [1.29, 1.82) is 0 Å². The highest BCUT2D eigenvalue weighted by Gasteiger charge is 2.63. The summed E-state index contributed by atoms with van der Waals surface area (Å²) in [6, 6.07) is 6.40. The molecule has 14 heteroatoms. The number of imidazole rings is 1. The molecule has 4 rings (SSSR count). The molecule has 4 atom stereocenters. The lowest BCUT2D eigenvalue weighted by atomic mass is 9.93. The monoisotopic (exact) mass is 515 g/mol. The average Bonchev–Trinajstić information content (AvgIpc) is 3.43. The summed E-state index contributed by atoms with van der Waals surface area (Å²) in [4.78, 5) is 18.0. The Balaban J connectivity index is 1.69. The van der Waals surface area contributed by atoms with Crippen LogP contribution in [0.25, 0.3) is 10.6 Å². The summed E-state index contributed by atoms with van der Waals surface area (Å²) < 4.78 is 30.9. The number of anilines is 1. The van der Waals surface area contributed by atoms with Gasteiger partial charge in [0.25, 0.3) is 5.91 Å². The van der Waals surface area contributed by atoms with Crippen molar-refractivity contribution in [3.63, 3.8) is 0 Å². The number of nitrogens with one attached hydrogen (secondary N) is 2. The highest BCUT2D eigenvalue weighted by Crippen LogP contribution is 2.41. The van der Waals surface area contributed by atoms with E-state index in [0.717, 1.165) is 30.5 Å². The smallest absolute Gasteiger partial charge is 0.275 e. The SMILES string of the molecule is CN1S(=O)NC(O)(c2ccc(-c3cn(C)cn3)s2)C(O)C1(O)C(=O)Nc1ccc(F)c(Cl)c1. The van der Waals surface area contributed by atoms with E-state index in [4.69, 9.17) is 11.6 Å². The standard InChI is InChI=1S/C19H19ClFN5O5S2/c1-25-8-13(22-9-25)14-5-6-15(32-14)18(29)16(27)19(30,26(2)33(31)24-18)17(28)23-10-3-4-12(21)11(20)7-10/h3-9,16,24,27,29-30H,1-2H3,(H,23,28). The van der Waals surface area contributed by atoms with Crippen LogP contribution in [0.4, 0.5) is 10.1 Å². The number of rotatable bonds is 4. The molecular formula is C19H19ClFN5O5S2. The van der Waals surface area contributed by atoms with Crippen LogP contribution in [-0.4, -0.2) is 58.2 Å². The summed E-state index contributed by atoms with van der Waals surface area (Å²) in [6.07, 6.45) is 1.14. The number of carbonyl (C=O) groups is 1. The molecule has 4 unspecified atom stereocenters. The third-order valence-electron chi connectivity index (χ3n) is 5.20. The van der Waals surface area contributed by atoms with Gasteiger partial charge in [0, 0.05) is 26.0 Å². The second kappa shape index (κ2) is 8.52. The first-order valence-corrected chi connectivity index (χ1v) is 11.7. The molecule has 5 N–H and O–H groups in total. The van der Waals surface area contributed by atoms with Gasteiger partial charge in [0.2, 0.25) is 5.72 Å². The predicted molar refractivity (Wildman–Crippen MR) is 120 cm³/mol. The van der Waals surface area contributed by atoms with Crippen LogP contribution < -0.4 is 10.0 Å². The van der Waals surface area contributed by atoms with Gasteiger partial charge >= 0.3 is 0 Å². The van der Waals surface area contributed by atoms with E-state index in [2.05, 4.69) is 15.0 Å². The highest BCUT2D eigenvalue weighted by atomic mass is 35.5. The van der Waals surface area contributed by atoms with Crippen molar-refractivity contribution in [2.45, 2.75) is 17.6 Å². The minimum absolute atomic E-state index is 0.0156. The number of aliphatic hydroxyl groups is 3. The van der Waals surface area contributed by atoms with E-state index < -0.39 is 40.4 Å². The van der Waals surface area contributed by atoms with E-state index in [9.17, 15) is 28.7 Å². The van der Waals surface area contributed by atoms with Crippen LogP contribution in [0.5, 0.6) is 0 Å². The molecule has 0 bridgehead atoms. The van der Waals surface area contributed by atoms with Crippen molar-refractivity contribution in [2.75, 3.05) is 12.4 Å². The van der Waals surface area contributed by atoms with Crippen molar-refractivity contribution < 1.29 is 28.7 Å². The molecule has 1 fully saturated rings. The van der Waals surface area contributed by atoms with Crippen molar-refractivity contribution in [3.8, 4) is 10.6 Å². The maximum absolute atomic E-state index is 13.4. The molecule has 3 aromatic rings. The molecule has 0 radical (unpaired) electrons. The van der Waals surface area contributed by atoms with E-state index in [1.165, 1.54) is 12.1 Å². The Kier molecular flexibility index (Phi) is 6.18. The number of hydrogen-bond donors (Lipinski definition) is 5. The van der Waals surface area contributed by atoms with Gasteiger partial charge < -0.3 is 25.2 Å². The first-order valence-electron chi connectivity index (χ1n) is 9.38. The maximum atomic E-state index is 13.4. The molecule has 0 spiro atoms. The summed E-state index contributed by atoms with van der Waals surface area (Å²) in [5.41, 5.74) is -4.69. The van der Waals surface area contributed by atoms with Gasteiger partial charge in [-0.15, -0.1) is 11.3 Å². The summed E-state index contributed by atoms with van der Waals surface area (Å²) >= 11 is 4.45. The van der Waals surface area contributed by atoms with Crippen molar-refractivity contribution in [1.82, 2.24) is 18.6 Å². The number of aromatic nitrogens is 2. The van der Waals surface area contributed by atoms with Crippen LogP contribution in [0, 0.1) is 5.82 Å². The van der Waals surface area contributed by atoms with Crippen LogP contribution in [-0.2, 0) is 28.7 Å². The topological polar surface area (TPSA) is 140 Å². The fourth-order valence-electron chi connectivity index (χ4n) is 3.32. The molecule has 1 aromatic carbocycles. The Bertz CT molecular complexity index is 1250. The largest absolute Gasteiger partial charge is 0.383 e. The van der Waals surface area contributed by atoms with E-state index in [-0.39, 0.29) is 15.6 Å². The molecule has 0 aliphatic carbocycles. The fraction of sp³-hybridized carbons (Fsp3) is 0.263. The third-order valence-corrected chi connectivity index (χ3v) is 7.98. The first-order chi connectivity index (χ1) is 15.5. The van der Waals surface area contributed by atoms with Crippen molar-refractivity contribution >= 4 is 45.7 Å². The van der Waals surface area contributed by atoms with Crippen LogP contribution in [0.2, 0.25) is 5.02 Å². The lowest BCUT2D eigenvalue weighted by molar-refractivity contribution is -0.221. The molecule has 0 saturated carbocycles. The zero-order chi connectivity index (χ0) is 24.1. The number of benzene rings is 1. The lowest BCUT2D eigenvalue weighted by Gasteiger charge is -2.48. The Hall–Kier alpha value is -2.23. The van der Waals surface area contributed by atoms with E-state index in [1.807, 2.05) is 0 Å². The van der Waals surface area contributed by atoms with Gasteiger partial charge in [0.1, 0.15) is 5.82 Å². The minimum atomic E-state index is -2.85. The van der Waals surface area contributed by atoms with Crippen molar-refractivity contribution in [3.05, 3.63) is 58.6 Å². The van der Waals surface area contributed by atoms with Gasteiger partial charge in [-0.1, -0.05) is 11.6 Å². The average molecular weight is 516 g/mol. The predicted octanol–water partition coefficient (Wildman–Crippen LogP) is 0.888. The molecule has 10 nitrogen and oxygen atoms in total. The zero-order valence-corrected chi connectivity index (χ0v) is 19.6. The molecule has 1 aliphatic rings. The Labute approximate surface area is 199 Å².